The molecule has 0 bridgehead atoms. The fourth-order valence-electron chi connectivity index (χ4n) is 5.76. The molecular formula is C32H42FN3O3. The molecule has 39 heavy (non-hydrogen) atoms. The third-order valence-electron chi connectivity index (χ3n) is 8.12. The van der Waals surface area contributed by atoms with E-state index < -0.39 is 0 Å². The lowest BCUT2D eigenvalue weighted by molar-refractivity contribution is -0.127. The standard InChI is InChI=1S/C32H42FN3O3/c1-2-3-4-5-9-23-13-15-25(16-14-23)32(39)36-21-8-10-26(22-36)31(38)35-29-12-7-6-11-28(29)34-30(37)24-17-19-27(33)20-18-24/h13-20,26,28-29H,2-12,21-22H2,1H3,(H,34,37)(H,35,38)/t26?,28-,29-/m1/s1. The van der Waals surface area contributed by atoms with Gasteiger partial charge in [-0.1, -0.05) is 51.2 Å². The zero-order valence-corrected chi connectivity index (χ0v) is 23.1. The van der Waals surface area contributed by atoms with Crippen LogP contribution in [-0.4, -0.2) is 47.8 Å². The largest absolute Gasteiger partial charge is 0.351 e. The van der Waals surface area contributed by atoms with Crippen LogP contribution < -0.4 is 10.6 Å². The molecule has 1 saturated heterocycles. The summed E-state index contributed by atoms with van der Waals surface area (Å²) in [6, 6.07) is 13.1. The number of halogens is 1. The van der Waals surface area contributed by atoms with E-state index in [-0.39, 0.29) is 41.5 Å². The first kappa shape index (κ1) is 28.8. The molecule has 1 saturated carbocycles. The Hall–Kier alpha value is -3.22. The van der Waals surface area contributed by atoms with Crippen LogP contribution in [0.4, 0.5) is 4.39 Å². The third kappa shape index (κ3) is 8.13. The molecule has 6 nitrogen and oxygen atoms in total. The van der Waals surface area contributed by atoms with E-state index in [0.717, 1.165) is 44.9 Å². The molecule has 1 unspecified atom stereocenters. The molecule has 1 aliphatic carbocycles. The molecular weight excluding hydrogens is 493 g/mol. The minimum absolute atomic E-state index is 0.0212. The van der Waals surface area contributed by atoms with Crippen LogP contribution in [0.3, 0.4) is 0 Å². The number of piperidine rings is 1. The lowest BCUT2D eigenvalue weighted by Crippen LogP contribution is -2.55. The van der Waals surface area contributed by atoms with Gasteiger partial charge in [0.15, 0.2) is 0 Å². The van der Waals surface area contributed by atoms with E-state index in [1.807, 2.05) is 12.1 Å². The maximum absolute atomic E-state index is 13.3. The molecule has 1 aliphatic heterocycles. The summed E-state index contributed by atoms with van der Waals surface area (Å²) in [5.74, 6) is -0.988. The quantitative estimate of drug-likeness (QED) is 0.386. The molecule has 1 heterocycles. The average Bonchev–Trinajstić information content (AvgIpc) is 2.96. The van der Waals surface area contributed by atoms with Crippen molar-refractivity contribution in [1.82, 2.24) is 15.5 Å². The van der Waals surface area contributed by atoms with Crippen LogP contribution in [0.5, 0.6) is 0 Å². The highest BCUT2D eigenvalue weighted by atomic mass is 19.1. The molecule has 2 aromatic rings. The van der Waals surface area contributed by atoms with Crippen LogP contribution in [0, 0.1) is 11.7 Å². The van der Waals surface area contributed by atoms with E-state index in [0.29, 0.717) is 24.2 Å². The normalized spacial score (nSPS) is 21.3. The second kappa shape index (κ2) is 14.2. The summed E-state index contributed by atoms with van der Waals surface area (Å²) in [5.41, 5.74) is 2.33. The molecule has 3 amide bonds. The number of carbonyl (C=O) groups excluding carboxylic acids is 3. The van der Waals surface area contributed by atoms with Gasteiger partial charge < -0.3 is 15.5 Å². The summed E-state index contributed by atoms with van der Waals surface area (Å²) in [4.78, 5) is 41.0. The van der Waals surface area contributed by atoms with Crippen LogP contribution >= 0.6 is 0 Å². The van der Waals surface area contributed by atoms with Gasteiger partial charge in [0.1, 0.15) is 5.82 Å². The smallest absolute Gasteiger partial charge is 0.253 e. The first-order valence-corrected chi connectivity index (χ1v) is 14.7. The van der Waals surface area contributed by atoms with Crippen molar-refractivity contribution in [3.63, 3.8) is 0 Å². The molecule has 0 radical (unpaired) electrons. The lowest BCUT2D eigenvalue weighted by atomic mass is 9.88. The van der Waals surface area contributed by atoms with Gasteiger partial charge in [0.05, 0.1) is 5.92 Å². The monoisotopic (exact) mass is 535 g/mol. The average molecular weight is 536 g/mol. The van der Waals surface area contributed by atoms with Crippen molar-refractivity contribution >= 4 is 17.7 Å². The van der Waals surface area contributed by atoms with Gasteiger partial charge in [-0.3, -0.25) is 14.4 Å². The van der Waals surface area contributed by atoms with E-state index in [2.05, 4.69) is 29.7 Å². The molecule has 2 aliphatic rings. The van der Waals surface area contributed by atoms with Gasteiger partial charge in [0.2, 0.25) is 5.91 Å². The number of benzene rings is 2. The highest BCUT2D eigenvalue weighted by Gasteiger charge is 2.33. The highest BCUT2D eigenvalue weighted by molar-refractivity contribution is 5.95. The molecule has 210 valence electrons. The zero-order chi connectivity index (χ0) is 27.6. The fourth-order valence-corrected chi connectivity index (χ4v) is 5.76. The summed E-state index contributed by atoms with van der Waals surface area (Å²) in [6.45, 7) is 3.27. The van der Waals surface area contributed by atoms with Gasteiger partial charge in [-0.25, -0.2) is 4.39 Å². The van der Waals surface area contributed by atoms with Crippen molar-refractivity contribution in [2.75, 3.05) is 13.1 Å². The van der Waals surface area contributed by atoms with Crippen LogP contribution in [0.1, 0.15) is 97.4 Å². The zero-order valence-electron chi connectivity index (χ0n) is 23.1. The van der Waals surface area contributed by atoms with E-state index in [9.17, 15) is 18.8 Å². The van der Waals surface area contributed by atoms with Crippen molar-refractivity contribution in [3.8, 4) is 0 Å². The van der Waals surface area contributed by atoms with Crippen LogP contribution in [0.25, 0.3) is 0 Å². The molecule has 4 rings (SSSR count). The van der Waals surface area contributed by atoms with Crippen molar-refractivity contribution in [2.45, 2.75) is 89.6 Å². The van der Waals surface area contributed by atoms with E-state index in [1.54, 1.807) is 4.90 Å². The second-order valence-electron chi connectivity index (χ2n) is 11.1. The maximum atomic E-state index is 13.3. The Kier molecular flexibility index (Phi) is 10.5. The molecule has 0 aromatic heterocycles. The predicted molar refractivity (Wildman–Crippen MR) is 151 cm³/mol. The molecule has 2 fully saturated rings. The topological polar surface area (TPSA) is 78.5 Å². The Bertz CT molecular complexity index is 1100. The van der Waals surface area contributed by atoms with Gasteiger partial charge in [0, 0.05) is 36.3 Å². The molecule has 0 spiro atoms. The predicted octanol–water partition coefficient (Wildman–Crippen LogP) is 5.66. The fraction of sp³-hybridized carbons (Fsp3) is 0.531. The highest BCUT2D eigenvalue weighted by Crippen LogP contribution is 2.23. The van der Waals surface area contributed by atoms with Crippen molar-refractivity contribution < 1.29 is 18.8 Å². The Balaban J connectivity index is 1.30. The van der Waals surface area contributed by atoms with Crippen LogP contribution in [0.2, 0.25) is 0 Å². The van der Waals surface area contributed by atoms with Crippen molar-refractivity contribution in [3.05, 3.63) is 71.0 Å². The van der Waals surface area contributed by atoms with Gasteiger partial charge in [-0.15, -0.1) is 0 Å². The first-order valence-electron chi connectivity index (χ1n) is 14.7. The lowest BCUT2D eigenvalue weighted by Gasteiger charge is -2.36. The number of likely N-dealkylation sites (tertiary alicyclic amines) is 1. The number of unbranched alkanes of at least 4 members (excludes halogenated alkanes) is 3. The van der Waals surface area contributed by atoms with E-state index in [4.69, 9.17) is 0 Å². The summed E-state index contributed by atoms with van der Waals surface area (Å²) < 4.78 is 13.2. The van der Waals surface area contributed by atoms with Crippen molar-refractivity contribution in [1.29, 1.82) is 0 Å². The number of nitrogens with one attached hydrogen (secondary N) is 2. The Morgan fingerprint density at radius 3 is 2.18 bits per heavy atom. The number of aryl methyl sites for hydroxylation is 1. The Morgan fingerprint density at radius 1 is 0.821 bits per heavy atom. The van der Waals surface area contributed by atoms with E-state index in [1.165, 1.54) is 55.5 Å². The summed E-state index contributed by atoms with van der Waals surface area (Å²) in [7, 11) is 0. The number of nitrogens with zero attached hydrogens (tertiary/aromatic N) is 1. The Labute approximate surface area is 231 Å². The minimum atomic E-state index is -0.385. The van der Waals surface area contributed by atoms with Gasteiger partial charge in [0.25, 0.3) is 11.8 Å². The first-order chi connectivity index (χ1) is 18.9. The summed E-state index contributed by atoms with van der Waals surface area (Å²) >= 11 is 0. The van der Waals surface area contributed by atoms with Gasteiger partial charge in [-0.05, 0) is 80.5 Å². The number of hydrogen-bond acceptors (Lipinski definition) is 3. The number of hydrogen-bond donors (Lipinski definition) is 2. The Morgan fingerprint density at radius 2 is 1.49 bits per heavy atom. The molecule has 2 N–H and O–H groups in total. The van der Waals surface area contributed by atoms with Gasteiger partial charge >= 0.3 is 0 Å². The maximum Gasteiger partial charge on any atom is 0.253 e. The SMILES string of the molecule is CCCCCCc1ccc(C(=O)N2CCCC(C(=O)N[C@@H]3CCCC[C@H]3NC(=O)c3ccc(F)cc3)C2)cc1. The molecule has 7 heteroatoms. The summed E-state index contributed by atoms with van der Waals surface area (Å²) in [6.07, 6.45) is 11.0. The number of rotatable bonds is 10. The third-order valence-corrected chi connectivity index (χ3v) is 8.12. The molecule has 3 atom stereocenters. The van der Waals surface area contributed by atoms with Gasteiger partial charge in [-0.2, -0.15) is 0 Å². The number of amides is 3. The van der Waals surface area contributed by atoms with Crippen LogP contribution in [-0.2, 0) is 11.2 Å². The molecule has 2 aromatic carbocycles. The van der Waals surface area contributed by atoms with Crippen molar-refractivity contribution in [2.24, 2.45) is 5.92 Å². The number of carbonyl (C=O) groups is 3. The summed E-state index contributed by atoms with van der Waals surface area (Å²) in [5, 5.41) is 6.23. The van der Waals surface area contributed by atoms with Crippen LogP contribution in [0.15, 0.2) is 48.5 Å². The minimum Gasteiger partial charge on any atom is -0.351 e. The van der Waals surface area contributed by atoms with E-state index >= 15 is 0 Å². The second-order valence-corrected chi connectivity index (χ2v) is 11.1.